The second-order valence-corrected chi connectivity index (χ2v) is 6.32. The lowest BCUT2D eigenvalue weighted by atomic mass is 9.86. The molecule has 0 bridgehead atoms. The van der Waals surface area contributed by atoms with Gasteiger partial charge in [0.2, 0.25) is 0 Å². The molecule has 0 aromatic carbocycles. The summed E-state index contributed by atoms with van der Waals surface area (Å²) in [5.74, 6) is 0. The van der Waals surface area contributed by atoms with Crippen molar-refractivity contribution >= 4 is 11.3 Å². The lowest BCUT2D eigenvalue weighted by molar-refractivity contribution is -0.130. The zero-order chi connectivity index (χ0) is 12.6. The second-order valence-electron chi connectivity index (χ2n) is 5.38. The van der Waals surface area contributed by atoms with E-state index < -0.39 is 0 Å². The highest BCUT2D eigenvalue weighted by Gasteiger charge is 2.45. The van der Waals surface area contributed by atoms with E-state index in [4.69, 9.17) is 4.74 Å². The molecule has 2 aliphatic heterocycles. The van der Waals surface area contributed by atoms with Crippen LogP contribution in [0.3, 0.4) is 0 Å². The topological polar surface area (TPSA) is 45.6 Å². The zero-order valence-corrected chi connectivity index (χ0v) is 11.6. The molecule has 0 saturated carbocycles. The van der Waals surface area contributed by atoms with Gasteiger partial charge in [-0.15, -0.1) is 11.3 Å². The number of aromatic nitrogens is 1. The molecule has 1 N–H and O–H groups in total. The Hall–Kier alpha value is -0.490. The summed E-state index contributed by atoms with van der Waals surface area (Å²) in [6.07, 6.45) is 2.71. The van der Waals surface area contributed by atoms with E-state index in [0.29, 0.717) is 0 Å². The van der Waals surface area contributed by atoms with Crippen molar-refractivity contribution in [2.45, 2.75) is 44.4 Å². The molecule has 2 atom stereocenters. The van der Waals surface area contributed by atoms with Crippen LogP contribution >= 0.6 is 11.3 Å². The standard InChI is InChI=1S/C13H20N2O2S/c1-10-11(18-9-14-10)7-15-5-4-13(12(16)8-15)3-2-6-17-13/h9,12,16H,2-8H2,1H3/t12-,13-/m0/s1. The first-order valence-electron chi connectivity index (χ1n) is 6.63. The van der Waals surface area contributed by atoms with Gasteiger partial charge in [0.1, 0.15) is 0 Å². The van der Waals surface area contributed by atoms with E-state index in [9.17, 15) is 5.11 Å². The number of ether oxygens (including phenoxy) is 1. The molecule has 2 saturated heterocycles. The van der Waals surface area contributed by atoms with Crippen LogP contribution in [0.1, 0.15) is 29.8 Å². The molecule has 1 aromatic heterocycles. The SMILES string of the molecule is Cc1ncsc1CN1CC[C@@]2(CCCO2)[C@@H](O)C1. The Labute approximate surface area is 112 Å². The normalized spacial score (nSPS) is 33.3. The molecule has 1 aromatic rings. The Morgan fingerprint density at radius 1 is 1.61 bits per heavy atom. The monoisotopic (exact) mass is 268 g/mol. The third-order valence-corrected chi connectivity index (χ3v) is 5.16. The first-order chi connectivity index (χ1) is 8.70. The highest BCUT2D eigenvalue weighted by molar-refractivity contribution is 7.09. The fraction of sp³-hybridized carbons (Fsp3) is 0.769. The lowest BCUT2D eigenvalue weighted by Gasteiger charge is -2.42. The molecule has 1 spiro atoms. The Morgan fingerprint density at radius 3 is 3.11 bits per heavy atom. The number of β-amino-alcohol motifs (C(OH)–C–C–N with tert-alkyl or cyclic N) is 1. The molecule has 5 heteroatoms. The van der Waals surface area contributed by atoms with Crippen LogP contribution in [0, 0.1) is 6.92 Å². The molecular weight excluding hydrogens is 248 g/mol. The van der Waals surface area contributed by atoms with Crippen molar-refractivity contribution in [2.24, 2.45) is 0 Å². The number of aliphatic hydroxyl groups is 1. The van der Waals surface area contributed by atoms with Crippen molar-refractivity contribution in [1.82, 2.24) is 9.88 Å². The van der Waals surface area contributed by atoms with Gasteiger partial charge in [-0.2, -0.15) is 0 Å². The summed E-state index contributed by atoms with van der Waals surface area (Å²) in [4.78, 5) is 7.90. The van der Waals surface area contributed by atoms with Gasteiger partial charge in [-0.25, -0.2) is 4.98 Å². The molecule has 0 radical (unpaired) electrons. The Balaban J connectivity index is 1.63. The van der Waals surface area contributed by atoms with E-state index in [1.165, 1.54) is 4.88 Å². The maximum atomic E-state index is 10.3. The second kappa shape index (κ2) is 4.89. The van der Waals surface area contributed by atoms with Crippen molar-refractivity contribution in [1.29, 1.82) is 0 Å². The quantitative estimate of drug-likeness (QED) is 0.884. The van der Waals surface area contributed by atoms with Gasteiger partial charge in [-0.1, -0.05) is 0 Å². The van der Waals surface area contributed by atoms with Gasteiger partial charge in [0.05, 0.1) is 22.9 Å². The molecule has 2 aliphatic rings. The van der Waals surface area contributed by atoms with Crippen molar-refractivity contribution in [3.63, 3.8) is 0 Å². The Bertz CT molecular complexity index is 415. The van der Waals surface area contributed by atoms with Crippen molar-refractivity contribution in [3.8, 4) is 0 Å². The summed E-state index contributed by atoms with van der Waals surface area (Å²) >= 11 is 1.70. The van der Waals surface area contributed by atoms with Gasteiger partial charge in [-0.3, -0.25) is 4.90 Å². The van der Waals surface area contributed by atoms with Gasteiger partial charge >= 0.3 is 0 Å². The first-order valence-corrected chi connectivity index (χ1v) is 7.51. The summed E-state index contributed by atoms with van der Waals surface area (Å²) in [6.45, 7) is 5.49. The average Bonchev–Trinajstić information content (AvgIpc) is 2.96. The number of aryl methyl sites for hydroxylation is 1. The van der Waals surface area contributed by atoms with E-state index >= 15 is 0 Å². The molecule has 0 aliphatic carbocycles. The van der Waals surface area contributed by atoms with E-state index in [2.05, 4.69) is 9.88 Å². The fourth-order valence-corrected chi connectivity index (χ4v) is 3.84. The van der Waals surface area contributed by atoms with Crippen LogP contribution in [0.2, 0.25) is 0 Å². The summed E-state index contributed by atoms with van der Waals surface area (Å²) in [7, 11) is 0. The minimum absolute atomic E-state index is 0.237. The maximum absolute atomic E-state index is 10.3. The van der Waals surface area contributed by atoms with Gasteiger partial charge in [0.15, 0.2) is 0 Å². The van der Waals surface area contributed by atoms with Crippen LogP contribution in [0.25, 0.3) is 0 Å². The van der Waals surface area contributed by atoms with E-state index in [1.54, 1.807) is 11.3 Å². The molecule has 3 rings (SSSR count). The first kappa shape index (κ1) is 12.5. The third kappa shape index (κ3) is 2.20. The van der Waals surface area contributed by atoms with Crippen LogP contribution in [0.5, 0.6) is 0 Å². The molecule has 0 unspecified atom stereocenters. The number of aliphatic hydroxyl groups excluding tert-OH is 1. The summed E-state index contributed by atoms with van der Waals surface area (Å²) in [5.41, 5.74) is 2.78. The van der Waals surface area contributed by atoms with Gasteiger partial charge in [-0.05, 0) is 26.2 Å². The summed E-state index contributed by atoms with van der Waals surface area (Å²) < 4.78 is 5.81. The average molecular weight is 268 g/mol. The number of nitrogens with zero attached hydrogens (tertiary/aromatic N) is 2. The van der Waals surface area contributed by atoms with Crippen molar-refractivity contribution in [2.75, 3.05) is 19.7 Å². The molecule has 100 valence electrons. The van der Waals surface area contributed by atoms with Crippen LogP contribution in [0.15, 0.2) is 5.51 Å². The number of hydrogen-bond donors (Lipinski definition) is 1. The number of likely N-dealkylation sites (tertiary alicyclic amines) is 1. The Kier molecular flexibility index (Phi) is 3.40. The molecule has 2 fully saturated rings. The van der Waals surface area contributed by atoms with E-state index in [-0.39, 0.29) is 11.7 Å². The van der Waals surface area contributed by atoms with Crippen LogP contribution < -0.4 is 0 Å². The van der Waals surface area contributed by atoms with Gasteiger partial charge in [0, 0.05) is 31.1 Å². The van der Waals surface area contributed by atoms with Crippen LogP contribution in [-0.2, 0) is 11.3 Å². The smallest absolute Gasteiger partial charge is 0.0965 e. The molecular formula is C13H20N2O2S. The van der Waals surface area contributed by atoms with Crippen LogP contribution in [-0.4, -0.2) is 46.4 Å². The zero-order valence-electron chi connectivity index (χ0n) is 10.8. The summed E-state index contributed by atoms with van der Waals surface area (Å²) in [5, 5.41) is 10.3. The number of hydrogen-bond acceptors (Lipinski definition) is 5. The molecule has 0 amide bonds. The fourth-order valence-electron chi connectivity index (χ4n) is 3.02. The van der Waals surface area contributed by atoms with Gasteiger partial charge in [0.25, 0.3) is 0 Å². The minimum Gasteiger partial charge on any atom is -0.389 e. The predicted molar refractivity (Wildman–Crippen MR) is 70.7 cm³/mol. The molecule has 3 heterocycles. The number of piperidine rings is 1. The third-order valence-electron chi connectivity index (χ3n) is 4.24. The number of rotatable bonds is 2. The maximum Gasteiger partial charge on any atom is 0.0965 e. The molecule has 18 heavy (non-hydrogen) atoms. The Morgan fingerprint density at radius 2 is 2.50 bits per heavy atom. The van der Waals surface area contributed by atoms with E-state index in [1.807, 2.05) is 12.4 Å². The summed E-state index contributed by atoms with van der Waals surface area (Å²) in [6, 6.07) is 0. The van der Waals surface area contributed by atoms with Crippen molar-refractivity contribution in [3.05, 3.63) is 16.1 Å². The number of thiazole rings is 1. The largest absolute Gasteiger partial charge is 0.389 e. The predicted octanol–water partition coefficient (Wildman–Crippen LogP) is 1.57. The van der Waals surface area contributed by atoms with Crippen LogP contribution in [0.4, 0.5) is 0 Å². The minimum atomic E-state index is -0.345. The lowest BCUT2D eigenvalue weighted by Crippen LogP contribution is -2.54. The van der Waals surface area contributed by atoms with E-state index in [0.717, 1.165) is 51.2 Å². The highest BCUT2D eigenvalue weighted by atomic mass is 32.1. The van der Waals surface area contributed by atoms with Crippen molar-refractivity contribution < 1.29 is 9.84 Å². The van der Waals surface area contributed by atoms with Gasteiger partial charge < -0.3 is 9.84 Å². The highest BCUT2D eigenvalue weighted by Crippen LogP contribution is 2.36. The molecule has 4 nitrogen and oxygen atoms in total.